The van der Waals surface area contributed by atoms with Crippen molar-refractivity contribution in [3.05, 3.63) is 28.8 Å². The van der Waals surface area contributed by atoms with Crippen molar-refractivity contribution >= 4 is 17.3 Å². The van der Waals surface area contributed by atoms with Gasteiger partial charge in [0.25, 0.3) is 0 Å². The molecule has 2 N–H and O–H groups in total. The Bertz CT molecular complexity index is 447. The maximum absolute atomic E-state index is 6.21. The summed E-state index contributed by atoms with van der Waals surface area (Å²) in [6, 6.07) is 5.59. The van der Waals surface area contributed by atoms with E-state index < -0.39 is 0 Å². The van der Waals surface area contributed by atoms with Gasteiger partial charge < -0.3 is 10.5 Å². The summed E-state index contributed by atoms with van der Waals surface area (Å²) >= 11 is 6.21. The molecule has 20 heavy (non-hydrogen) atoms. The van der Waals surface area contributed by atoms with Crippen LogP contribution < -0.4 is 5.73 Å². The lowest BCUT2D eigenvalue weighted by Crippen LogP contribution is -2.34. The third-order valence-corrected chi connectivity index (χ3v) is 4.85. The quantitative estimate of drug-likeness (QED) is 0.802. The number of anilines is 1. The number of hydrogen-bond acceptors (Lipinski definition) is 2. The normalized spacial score (nSPS) is 26.9. The predicted octanol–water partition coefficient (Wildman–Crippen LogP) is 4.90. The molecule has 1 fully saturated rings. The van der Waals surface area contributed by atoms with Gasteiger partial charge in [0, 0.05) is 10.7 Å². The molecule has 0 spiro atoms. The monoisotopic (exact) mass is 295 g/mol. The summed E-state index contributed by atoms with van der Waals surface area (Å²) in [5.41, 5.74) is 7.55. The van der Waals surface area contributed by atoms with Crippen molar-refractivity contribution in [3.63, 3.8) is 0 Å². The molecule has 3 unspecified atom stereocenters. The molecule has 0 heterocycles. The molecule has 1 aliphatic rings. The molecule has 2 rings (SSSR count). The molecule has 0 amide bonds. The minimum Gasteiger partial charge on any atom is -0.399 e. The highest BCUT2D eigenvalue weighted by atomic mass is 35.5. The lowest BCUT2D eigenvalue weighted by Gasteiger charge is -2.37. The first-order chi connectivity index (χ1) is 9.47. The molecule has 2 nitrogen and oxygen atoms in total. The van der Waals surface area contributed by atoms with Gasteiger partial charge in [-0.05, 0) is 54.4 Å². The smallest absolute Gasteiger partial charge is 0.0736 e. The van der Waals surface area contributed by atoms with Crippen LogP contribution in [0.15, 0.2) is 18.2 Å². The van der Waals surface area contributed by atoms with Gasteiger partial charge in [0.2, 0.25) is 0 Å². The van der Waals surface area contributed by atoms with Crippen LogP contribution in [0.25, 0.3) is 0 Å². The van der Waals surface area contributed by atoms with Crippen molar-refractivity contribution in [1.82, 2.24) is 0 Å². The van der Waals surface area contributed by atoms with Crippen molar-refractivity contribution in [3.8, 4) is 0 Å². The Morgan fingerprint density at radius 1 is 1.35 bits per heavy atom. The fraction of sp³-hybridized carbons (Fsp3) is 0.647. The first kappa shape index (κ1) is 15.7. The van der Waals surface area contributed by atoms with E-state index in [2.05, 4.69) is 20.8 Å². The standard InChI is InChI=1S/C17H26ClNO/c1-11(2)15-6-4-12(3)8-17(15)20-10-13-9-14(19)5-7-16(13)18/h5,7,9,11-12,15,17H,4,6,8,10,19H2,1-3H3. The van der Waals surface area contributed by atoms with E-state index in [0.717, 1.165) is 28.6 Å². The number of benzene rings is 1. The van der Waals surface area contributed by atoms with Gasteiger partial charge in [0.05, 0.1) is 12.7 Å². The zero-order chi connectivity index (χ0) is 14.7. The van der Waals surface area contributed by atoms with Crippen LogP contribution in [0, 0.1) is 17.8 Å². The Balaban J connectivity index is 2.01. The van der Waals surface area contributed by atoms with Crippen LogP contribution in [0.5, 0.6) is 0 Å². The van der Waals surface area contributed by atoms with E-state index in [1.165, 1.54) is 12.8 Å². The summed E-state index contributed by atoms with van der Waals surface area (Å²) in [7, 11) is 0. The van der Waals surface area contributed by atoms with Crippen molar-refractivity contribution in [2.75, 3.05) is 5.73 Å². The van der Waals surface area contributed by atoms with E-state index in [1.54, 1.807) is 0 Å². The molecule has 0 bridgehead atoms. The maximum atomic E-state index is 6.21. The van der Waals surface area contributed by atoms with Crippen LogP contribution in [0.2, 0.25) is 5.02 Å². The summed E-state index contributed by atoms with van der Waals surface area (Å²) in [5, 5.41) is 0.740. The number of hydrogen-bond donors (Lipinski definition) is 1. The Kier molecular flexibility index (Phi) is 5.34. The average Bonchev–Trinajstić information content (AvgIpc) is 2.39. The van der Waals surface area contributed by atoms with Crippen molar-refractivity contribution in [2.45, 2.75) is 52.7 Å². The van der Waals surface area contributed by atoms with Gasteiger partial charge in [0.15, 0.2) is 0 Å². The van der Waals surface area contributed by atoms with Gasteiger partial charge in [-0.15, -0.1) is 0 Å². The van der Waals surface area contributed by atoms with Crippen LogP contribution in [0.4, 0.5) is 5.69 Å². The minimum absolute atomic E-state index is 0.344. The Labute approximate surface area is 127 Å². The third-order valence-electron chi connectivity index (χ3n) is 4.48. The molecule has 0 aliphatic heterocycles. The summed E-state index contributed by atoms with van der Waals surface area (Å²) in [6.45, 7) is 7.47. The number of rotatable bonds is 4. The topological polar surface area (TPSA) is 35.2 Å². The fourth-order valence-corrected chi connectivity index (χ4v) is 3.38. The molecule has 0 aromatic heterocycles. The second-order valence-electron chi connectivity index (χ2n) is 6.53. The summed E-state index contributed by atoms with van der Waals surface area (Å²) in [6.07, 6.45) is 4.09. The van der Waals surface area contributed by atoms with Crippen molar-refractivity contribution in [1.29, 1.82) is 0 Å². The van der Waals surface area contributed by atoms with Crippen LogP contribution in [-0.4, -0.2) is 6.10 Å². The Hall–Kier alpha value is -0.730. The maximum Gasteiger partial charge on any atom is 0.0736 e. The van der Waals surface area contributed by atoms with E-state index in [4.69, 9.17) is 22.1 Å². The molecular weight excluding hydrogens is 270 g/mol. The SMILES string of the molecule is CC1CCC(C(C)C)C(OCc2cc(N)ccc2Cl)C1. The van der Waals surface area contributed by atoms with Crippen molar-refractivity contribution in [2.24, 2.45) is 17.8 Å². The van der Waals surface area contributed by atoms with Gasteiger partial charge in [-0.3, -0.25) is 0 Å². The van der Waals surface area contributed by atoms with Crippen LogP contribution in [0.3, 0.4) is 0 Å². The number of nitrogens with two attached hydrogens (primary N) is 1. The van der Waals surface area contributed by atoms with Gasteiger partial charge >= 0.3 is 0 Å². The second-order valence-corrected chi connectivity index (χ2v) is 6.93. The molecule has 112 valence electrons. The highest BCUT2D eigenvalue weighted by Crippen LogP contribution is 2.36. The van der Waals surface area contributed by atoms with Gasteiger partial charge in [-0.1, -0.05) is 38.8 Å². The van der Waals surface area contributed by atoms with Crippen LogP contribution in [0.1, 0.15) is 45.6 Å². The van der Waals surface area contributed by atoms with Crippen LogP contribution >= 0.6 is 11.6 Å². The zero-order valence-corrected chi connectivity index (χ0v) is 13.5. The Morgan fingerprint density at radius 2 is 2.10 bits per heavy atom. The average molecular weight is 296 g/mol. The first-order valence-corrected chi connectivity index (χ1v) is 8.00. The lowest BCUT2D eigenvalue weighted by molar-refractivity contribution is -0.0472. The number of halogens is 1. The van der Waals surface area contributed by atoms with Gasteiger partial charge in [-0.2, -0.15) is 0 Å². The second kappa shape index (κ2) is 6.82. The van der Waals surface area contributed by atoms with Gasteiger partial charge in [-0.25, -0.2) is 0 Å². The first-order valence-electron chi connectivity index (χ1n) is 7.63. The highest BCUT2D eigenvalue weighted by Gasteiger charge is 2.31. The van der Waals surface area contributed by atoms with E-state index in [1.807, 2.05) is 18.2 Å². The molecule has 1 saturated carbocycles. The van der Waals surface area contributed by atoms with E-state index >= 15 is 0 Å². The number of ether oxygens (including phenoxy) is 1. The lowest BCUT2D eigenvalue weighted by atomic mass is 9.75. The van der Waals surface area contributed by atoms with E-state index in [9.17, 15) is 0 Å². The largest absolute Gasteiger partial charge is 0.399 e. The minimum atomic E-state index is 0.344. The molecule has 3 atom stereocenters. The Morgan fingerprint density at radius 3 is 2.80 bits per heavy atom. The van der Waals surface area contributed by atoms with Gasteiger partial charge in [0.1, 0.15) is 0 Å². The van der Waals surface area contributed by atoms with Crippen molar-refractivity contribution < 1.29 is 4.74 Å². The summed E-state index contributed by atoms with van der Waals surface area (Å²) in [5.74, 6) is 2.08. The molecule has 3 heteroatoms. The molecule has 1 aromatic rings. The summed E-state index contributed by atoms with van der Waals surface area (Å²) in [4.78, 5) is 0. The third kappa shape index (κ3) is 3.89. The molecular formula is C17H26ClNO. The number of nitrogen functional groups attached to an aromatic ring is 1. The van der Waals surface area contributed by atoms with E-state index in [0.29, 0.717) is 24.5 Å². The molecule has 1 aromatic carbocycles. The van der Waals surface area contributed by atoms with E-state index in [-0.39, 0.29) is 0 Å². The highest BCUT2D eigenvalue weighted by molar-refractivity contribution is 6.31. The van der Waals surface area contributed by atoms with Crippen LogP contribution in [-0.2, 0) is 11.3 Å². The molecule has 0 radical (unpaired) electrons. The summed E-state index contributed by atoms with van der Waals surface area (Å²) < 4.78 is 6.21. The molecule has 0 saturated heterocycles. The molecule has 1 aliphatic carbocycles. The zero-order valence-electron chi connectivity index (χ0n) is 12.7. The fourth-order valence-electron chi connectivity index (χ4n) is 3.21. The predicted molar refractivity (Wildman–Crippen MR) is 85.8 cm³/mol.